The third-order valence-electron chi connectivity index (χ3n) is 14.3. The van der Waals surface area contributed by atoms with Crippen LogP contribution in [0, 0.1) is 0 Å². The molecule has 0 saturated carbocycles. The molecule has 0 amide bonds. The van der Waals surface area contributed by atoms with Crippen LogP contribution in [0.15, 0.2) is 243 Å². The molecule has 0 atom stereocenters. The van der Waals surface area contributed by atoms with Gasteiger partial charge in [0.05, 0.1) is 0 Å². The van der Waals surface area contributed by atoms with Crippen LogP contribution in [-0.4, -0.2) is 0 Å². The van der Waals surface area contributed by atoms with Gasteiger partial charge in [0.1, 0.15) is 0 Å². The second-order valence-corrected chi connectivity index (χ2v) is 17.8. The topological polar surface area (TPSA) is 0 Å². The van der Waals surface area contributed by atoms with E-state index in [-0.39, 0.29) is 0 Å². The van der Waals surface area contributed by atoms with Crippen molar-refractivity contribution in [2.75, 3.05) is 0 Å². The molecule has 0 bridgehead atoms. The Morgan fingerprint density at radius 2 is 0.394 bits per heavy atom. The lowest BCUT2D eigenvalue weighted by Crippen LogP contribution is -1.92. The maximum atomic E-state index is 2.52. The van der Waals surface area contributed by atoms with Crippen molar-refractivity contribution >= 4 is 75.4 Å². The minimum absolute atomic E-state index is 1.21. The Morgan fingerprint density at radius 3 is 0.682 bits per heavy atom. The largest absolute Gasteiger partial charge is 0.0622 e. The lowest BCUT2D eigenvalue weighted by atomic mass is 9.84. The van der Waals surface area contributed by atoms with Gasteiger partial charge in [0.15, 0.2) is 0 Å². The van der Waals surface area contributed by atoms with Crippen LogP contribution in [0.5, 0.6) is 0 Å². The zero-order valence-corrected chi connectivity index (χ0v) is 36.1. The van der Waals surface area contributed by atoms with Gasteiger partial charge in [0.25, 0.3) is 0 Å². The third kappa shape index (κ3) is 5.46. The van der Waals surface area contributed by atoms with Gasteiger partial charge < -0.3 is 0 Å². The van der Waals surface area contributed by atoms with Crippen LogP contribution in [0.25, 0.3) is 142 Å². The van der Waals surface area contributed by atoms with Crippen molar-refractivity contribution in [2.45, 2.75) is 0 Å². The molecule has 0 radical (unpaired) electrons. The van der Waals surface area contributed by atoms with E-state index in [0.717, 1.165) is 0 Å². The summed E-state index contributed by atoms with van der Waals surface area (Å²) >= 11 is 0. The van der Waals surface area contributed by atoms with Gasteiger partial charge in [-0.3, -0.25) is 0 Å². The van der Waals surface area contributed by atoms with Gasteiger partial charge in [-0.25, -0.2) is 0 Å². The molecule has 0 spiro atoms. The van der Waals surface area contributed by atoms with E-state index in [0.29, 0.717) is 0 Å². The first-order valence-electron chi connectivity index (χ1n) is 23.0. The first kappa shape index (κ1) is 36.9. The summed E-state index contributed by atoms with van der Waals surface area (Å²) in [6.45, 7) is 0. The van der Waals surface area contributed by atoms with E-state index in [9.17, 15) is 0 Å². The van der Waals surface area contributed by atoms with E-state index in [1.807, 2.05) is 0 Å². The molecule has 66 heavy (non-hydrogen) atoms. The van der Waals surface area contributed by atoms with Crippen LogP contribution in [0.2, 0.25) is 0 Å². The Labute approximate surface area is 383 Å². The quantitative estimate of drug-likeness (QED) is 0.146. The van der Waals surface area contributed by atoms with E-state index in [1.165, 1.54) is 142 Å². The highest BCUT2D eigenvalue weighted by Crippen LogP contribution is 2.52. The smallest absolute Gasteiger partial charge is 0.00195 e. The van der Waals surface area contributed by atoms with Gasteiger partial charge in [-0.15, -0.1) is 0 Å². The fourth-order valence-electron chi connectivity index (χ4n) is 11.5. The second kappa shape index (κ2) is 14.5. The Morgan fingerprint density at radius 1 is 0.152 bits per heavy atom. The molecule has 0 heteroatoms. The Kier molecular flexibility index (Phi) is 8.08. The van der Waals surface area contributed by atoms with Crippen molar-refractivity contribution < 1.29 is 0 Å². The predicted molar refractivity (Wildman–Crippen MR) is 284 cm³/mol. The van der Waals surface area contributed by atoms with E-state index < -0.39 is 0 Å². The Hall–Kier alpha value is -8.58. The van der Waals surface area contributed by atoms with Crippen LogP contribution < -0.4 is 0 Å². The van der Waals surface area contributed by atoms with Crippen molar-refractivity contribution in [2.24, 2.45) is 0 Å². The lowest BCUT2D eigenvalue weighted by Gasteiger charge is -2.19. The molecule has 0 heterocycles. The average molecular weight is 833 g/mol. The molecule has 0 aromatic heterocycles. The van der Waals surface area contributed by atoms with Crippen LogP contribution in [0.1, 0.15) is 0 Å². The van der Waals surface area contributed by atoms with Gasteiger partial charge in [-0.05, 0) is 179 Å². The molecule has 304 valence electrons. The number of benzene rings is 12. The second-order valence-electron chi connectivity index (χ2n) is 17.8. The monoisotopic (exact) mass is 832 g/mol. The highest BCUT2D eigenvalue weighted by molar-refractivity contribution is 6.41. The molecular formula is C66H40. The summed E-state index contributed by atoms with van der Waals surface area (Å²) in [4.78, 5) is 0. The van der Waals surface area contributed by atoms with Crippen molar-refractivity contribution in [3.05, 3.63) is 243 Å². The summed E-state index contributed by atoms with van der Waals surface area (Å²) in [5.41, 5.74) is 14.7. The van der Waals surface area contributed by atoms with Crippen LogP contribution in [-0.2, 0) is 0 Å². The molecule has 0 unspecified atom stereocenters. The normalized spacial score (nSPS) is 11.9. The summed E-state index contributed by atoms with van der Waals surface area (Å²) in [5.74, 6) is 0. The van der Waals surface area contributed by atoms with Crippen molar-refractivity contribution in [1.82, 2.24) is 0 Å². The SMILES string of the molecule is c1ccc(-c2cccc(-c3ccccc3)c2-c2cc3c4ccccc4c4cc5c(cc6c7ccccc7c7cc(-c8c(-c9ccccc9)cccc8-c8ccccc8)cc5c76)c(c2)c34)cc1. The number of hydrogen-bond donors (Lipinski definition) is 0. The highest BCUT2D eigenvalue weighted by atomic mass is 14.3. The Balaban J connectivity index is 1.16. The molecule has 0 aliphatic carbocycles. The average Bonchev–Trinajstić information content (AvgIpc) is 3.89. The fourth-order valence-corrected chi connectivity index (χ4v) is 11.5. The summed E-state index contributed by atoms with van der Waals surface area (Å²) in [6, 6.07) is 90.4. The summed E-state index contributed by atoms with van der Waals surface area (Å²) in [6.07, 6.45) is 0. The van der Waals surface area contributed by atoms with Crippen LogP contribution in [0.3, 0.4) is 0 Å². The first-order valence-corrected chi connectivity index (χ1v) is 23.0. The summed E-state index contributed by atoms with van der Waals surface area (Å²) < 4.78 is 0. The van der Waals surface area contributed by atoms with Gasteiger partial charge in [0.2, 0.25) is 0 Å². The molecule has 0 aliphatic heterocycles. The van der Waals surface area contributed by atoms with Gasteiger partial charge in [-0.1, -0.05) is 206 Å². The molecule has 0 saturated heterocycles. The molecule has 14 rings (SSSR count). The van der Waals surface area contributed by atoms with Gasteiger partial charge in [-0.2, -0.15) is 0 Å². The molecule has 0 N–H and O–H groups in total. The van der Waals surface area contributed by atoms with Crippen molar-refractivity contribution in [1.29, 1.82) is 0 Å². The molecule has 0 fully saturated rings. The molecule has 14 aromatic rings. The van der Waals surface area contributed by atoms with E-state index >= 15 is 0 Å². The number of fused-ring (bicyclic) bond motifs is 9. The fraction of sp³-hybridized carbons (Fsp3) is 0. The maximum absolute atomic E-state index is 2.52. The Bertz CT molecular complexity index is 3780. The standard InChI is InChI=1S/C66H40/c1-5-19-41(20-6-1)47-31-17-32-48(42-21-7-2-8-22-42)63(47)45-35-57-51-27-13-15-29-53(51)61-40-56-55(59(37-45)65(57)61)39-62-54-30-16-14-28-52(54)58-36-46(38-60(56)66(58)62)64-49(43-23-9-3-10-24-43)33-18-34-50(64)44-25-11-4-12-26-44/h1-40H. The minimum Gasteiger partial charge on any atom is -0.0622 e. The van der Waals surface area contributed by atoms with E-state index in [1.54, 1.807) is 0 Å². The van der Waals surface area contributed by atoms with E-state index in [4.69, 9.17) is 0 Å². The van der Waals surface area contributed by atoms with Gasteiger partial charge >= 0.3 is 0 Å². The predicted octanol–water partition coefficient (Wildman–Crippen LogP) is 18.6. The van der Waals surface area contributed by atoms with Crippen LogP contribution >= 0.6 is 0 Å². The third-order valence-corrected chi connectivity index (χ3v) is 14.3. The number of hydrogen-bond acceptors (Lipinski definition) is 0. The zero-order valence-electron chi connectivity index (χ0n) is 36.1. The maximum Gasteiger partial charge on any atom is -0.00195 e. The molecular weight excluding hydrogens is 793 g/mol. The summed E-state index contributed by atoms with van der Waals surface area (Å²) in [7, 11) is 0. The minimum atomic E-state index is 1.21. The zero-order chi connectivity index (χ0) is 43.3. The first-order chi connectivity index (χ1) is 32.8. The van der Waals surface area contributed by atoms with E-state index in [2.05, 4.69) is 243 Å². The highest BCUT2D eigenvalue weighted by Gasteiger charge is 2.24. The van der Waals surface area contributed by atoms with Crippen molar-refractivity contribution in [3.63, 3.8) is 0 Å². The summed E-state index contributed by atoms with van der Waals surface area (Å²) in [5, 5.41) is 18.2. The van der Waals surface area contributed by atoms with Crippen molar-refractivity contribution in [3.8, 4) is 66.8 Å². The molecule has 0 aliphatic rings. The van der Waals surface area contributed by atoms with Gasteiger partial charge in [0, 0.05) is 0 Å². The molecule has 0 nitrogen and oxygen atoms in total. The lowest BCUT2D eigenvalue weighted by molar-refractivity contribution is 1.57. The number of rotatable bonds is 6. The van der Waals surface area contributed by atoms with Crippen LogP contribution in [0.4, 0.5) is 0 Å². The molecule has 14 aromatic carbocycles.